The lowest BCUT2D eigenvalue weighted by molar-refractivity contribution is -0.0598. The molecule has 1 saturated heterocycles. The van der Waals surface area contributed by atoms with Crippen molar-refractivity contribution in [2.24, 2.45) is 0 Å². The van der Waals surface area contributed by atoms with Crippen molar-refractivity contribution in [2.45, 2.75) is 18.7 Å². The normalized spacial score (nSPS) is 23.8. The molecule has 2 heterocycles. The second-order valence-electron chi connectivity index (χ2n) is 6.99. The minimum Gasteiger partial charge on any atom is -0.349 e. The Morgan fingerprint density at radius 3 is 2.23 bits per heavy atom. The molecule has 3 heteroatoms. The van der Waals surface area contributed by atoms with Crippen LogP contribution in [0.4, 0.5) is 0 Å². The molecule has 5 rings (SSSR count). The lowest BCUT2D eigenvalue weighted by Gasteiger charge is -2.36. The van der Waals surface area contributed by atoms with Crippen molar-refractivity contribution in [3.63, 3.8) is 0 Å². The Morgan fingerprint density at radius 1 is 0.846 bits per heavy atom. The number of benzene rings is 3. The van der Waals surface area contributed by atoms with Crippen molar-refractivity contribution < 1.29 is 9.53 Å². The molecule has 0 radical (unpaired) electrons. The number of carbonyl (C=O) groups is 1. The highest BCUT2D eigenvalue weighted by molar-refractivity contribution is 6.03. The predicted octanol–water partition coefficient (Wildman–Crippen LogP) is 4.75. The van der Waals surface area contributed by atoms with Crippen LogP contribution in [0.1, 0.15) is 34.5 Å². The first-order valence-electron chi connectivity index (χ1n) is 8.91. The zero-order valence-corrected chi connectivity index (χ0v) is 14.6. The van der Waals surface area contributed by atoms with Gasteiger partial charge in [0, 0.05) is 11.1 Å². The van der Waals surface area contributed by atoms with E-state index in [1.54, 1.807) is 0 Å². The van der Waals surface area contributed by atoms with E-state index in [1.165, 1.54) is 0 Å². The summed E-state index contributed by atoms with van der Waals surface area (Å²) < 4.78 is 6.32. The summed E-state index contributed by atoms with van der Waals surface area (Å²) in [6.45, 7) is 2.50. The van der Waals surface area contributed by atoms with Gasteiger partial charge in [-0.05, 0) is 29.7 Å². The van der Waals surface area contributed by atoms with Gasteiger partial charge in [-0.2, -0.15) is 0 Å². The predicted molar refractivity (Wildman–Crippen MR) is 101 cm³/mol. The van der Waals surface area contributed by atoms with Crippen LogP contribution in [0.25, 0.3) is 11.1 Å². The maximum absolute atomic E-state index is 13.6. The first kappa shape index (κ1) is 15.4. The van der Waals surface area contributed by atoms with Gasteiger partial charge in [-0.1, -0.05) is 72.8 Å². The molecule has 128 valence electrons. The third-order valence-corrected chi connectivity index (χ3v) is 5.57. The molecule has 0 N–H and O–H groups in total. The molecular formula is C23H19NO2. The van der Waals surface area contributed by atoms with Crippen molar-refractivity contribution in [3.8, 4) is 11.1 Å². The number of nitrogens with zero attached hydrogens (tertiary/aromatic N) is 1. The molecule has 3 aromatic carbocycles. The molecule has 1 amide bonds. The fourth-order valence-electron chi connectivity index (χ4n) is 4.30. The van der Waals surface area contributed by atoms with Crippen molar-refractivity contribution in [1.82, 2.24) is 4.90 Å². The van der Waals surface area contributed by atoms with E-state index in [-0.39, 0.29) is 11.9 Å². The highest BCUT2D eigenvalue weighted by Gasteiger charge is 2.51. The molecule has 1 fully saturated rings. The van der Waals surface area contributed by atoms with Crippen LogP contribution in [-0.2, 0) is 10.5 Å². The van der Waals surface area contributed by atoms with Crippen LogP contribution >= 0.6 is 0 Å². The number of carbonyl (C=O) groups excluding carboxylic acids is 1. The molecule has 0 aliphatic carbocycles. The number of hydrogen-bond acceptors (Lipinski definition) is 2. The van der Waals surface area contributed by atoms with Gasteiger partial charge in [0.25, 0.3) is 5.91 Å². The fraction of sp³-hybridized carbons (Fsp3) is 0.174. The molecule has 0 bridgehead atoms. The summed E-state index contributed by atoms with van der Waals surface area (Å²) in [7, 11) is 0. The second kappa shape index (κ2) is 5.55. The van der Waals surface area contributed by atoms with E-state index in [4.69, 9.17) is 4.74 Å². The van der Waals surface area contributed by atoms with Gasteiger partial charge in [0.15, 0.2) is 5.72 Å². The average Bonchev–Trinajstić information content (AvgIpc) is 3.03. The van der Waals surface area contributed by atoms with E-state index in [1.807, 2.05) is 66.4 Å². The van der Waals surface area contributed by atoms with Gasteiger partial charge < -0.3 is 4.74 Å². The Bertz CT molecular complexity index is 998. The fourth-order valence-corrected chi connectivity index (χ4v) is 4.30. The zero-order valence-electron chi connectivity index (χ0n) is 14.6. The van der Waals surface area contributed by atoms with E-state index < -0.39 is 5.72 Å². The van der Waals surface area contributed by atoms with E-state index in [0.29, 0.717) is 6.61 Å². The maximum Gasteiger partial charge on any atom is 0.257 e. The average molecular weight is 341 g/mol. The highest BCUT2D eigenvalue weighted by atomic mass is 16.5. The summed E-state index contributed by atoms with van der Waals surface area (Å²) in [5, 5.41) is 0. The minimum absolute atomic E-state index is 0.0191. The molecule has 2 aliphatic rings. The number of amides is 1. The van der Waals surface area contributed by atoms with Gasteiger partial charge in [0.05, 0.1) is 12.6 Å². The molecule has 2 atom stereocenters. The standard InChI is InChI=1S/C23H19NO2/c1-23-20-14-8-7-12-18(20)17-11-5-6-13-19(17)22(25)24(23)21(15-26-23)16-9-3-2-4-10-16/h2-14,21H,15H2,1H3. The van der Waals surface area contributed by atoms with Crippen molar-refractivity contribution in [1.29, 1.82) is 0 Å². The minimum atomic E-state index is -0.785. The van der Waals surface area contributed by atoms with Crippen LogP contribution in [0.2, 0.25) is 0 Å². The number of rotatable bonds is 1. The molecular weight excluding hydrogens is 322 g/mol. The van der Waals surface area contributed by atoms with Gasteiger partial charge in [-0.25, -0.2) is 0 Å². The van der Waals surface area contributed by atoms with Gasteiger partial charge in [-0.15, -0.1) is 0 Å². The molecule has 26 heavy (non-hydrogen) atoms. The molecule has 0 spiro atoms. The number of fused-ring (bicyclic) bond motifs is 5. The molecule has 0 saturated carbocycles. The lowest BCUT2D eigenvalue weighted by Crippen LogP contribution is -2.44. The summed E-state index contributed by atoms with van der Waals surface area (Å²) in [6, 6.07) is 26.1. The Labute approximate surface area is 152 Å². The zero-order chi connectivity index (χ0) is 17.7. The van der Waals surface area contributed by atoms with E-state index in [0.717, 1.165) is 27.8 Å². The van der Waals surface area contributed by atoms with E-state index >= 15 is 0 Å². The molecule has 3 aromatic rings. The smallest absolute Gasteiger partial charge is 0.257 e. The van der Waals surface area contributed by atoms with Crippen LogP contribution in [-0.4, -0.2) is 17.4 Å². The third-order valence-electron chi connectivity index (χ3n) is 5.57. The highest BCUT2D eigenvalue weighted by Crippen LogP contribution is 2.49. The first-order valence-corrected chi connectivity index (χ1v) is 8.91. The van der Waals surface area contributed by atoms with Gasteiger partial charge in [0.1, 0.15) is 0 Å². The molecule has 0 aromatic heterocycles. The summed E-state index contributed by atoms with van der Waals surface area (Å²) in [5.41, 5.74) is 4.12. The van der Waals surface area contributed by atoms with Crippen molar-refractivity contribution >= 4 is 5.91 Å². The van der Waals surface area contributed by atoms with Crippen molar-refractivity contribution in [2.75, 3.05) is 6.61 Å². The van der Waals surface area contributed by atoms with Crippen LogP contribution < -0.4 is 0 Å². The third kappa shape index (κ3) is 2.01. The van der Waals surface area contributed by atoms with Crippen LogP contribution in [0, 0.1) is 0 Å². The van der Waals surface area contributed by atoms with Gasteiger partial charge in [0.2, 0.25) is 0 Å². The molecule has 2 unspecified atom stereocenters. The van der Waals surface area contributed by atoms with E-state index in [2.05, 4.69) is 24.3 Å². The molecule has 2 aliphatic heterocycles. The summed E-state index contributed by atoms with van der Waals surface area (Å²) in [4.78, 5) is 15.5. The molecule has 3 nitrogen and oxygen atoms in total. The van der Waals surface area contributed by atoms with Crippen LogP contribution in [0.3, 0.4) is 0 Å². The Morgan fingerprint density at radius 2 is 1.46 bits per heavy atom. The van der Waals surface area contributed by atoms with Crippen LogP contribution in [0.15, 0.2) is 78.9 Å². The summed E-state index contributed by atoms with van der Waals surface area (Å²) in [6.07, 6.45) is 0. The SMILES string of the molecule is CC12OCC(c3ccccc3)N1C(=O)c1ccccc1-c1ccccc12. The number of ether oxygens (including phenoxy) is 1. The second-order valence-corrected chi connectivity index (χ2v) is 6.99. The summed E-state index contributed by atoms with van der Waals surface area (Å²) in [5.74, 6) is 0.0191. The Balaban J connectivity index is 1.78. The Kier molecular flexibility index (Phi) is 3.28. The lowest BCUT2D eigenvalue weighted by atomic mass is 9.93. The Hall–Kier alpha value is -2.91. The van der Waals surface area contributed by atoms with Crippen molar-refractivity contribution in [3.05, 3.63) is 95.6 Å². The monoisotopic (exact) mass is 341 g/mol. The maximum atomic E-state index is 13.6. The summed E-state index contributed by atoms with van der Waals surface area (Å²) >= 11 is 0. The largest absolute Gasteiger partial charge is 0.349 e. The van der Waals surface area contributed by atoms with Crippen LogP contribution in [0.5, 0.6) is 0 Å². The van der Waals surface area contributed by atoms with E-state index in [9.17, 15) is 4.79 Å². The topological polar surface area (TPSA) is 29.5 Å². The van der Waals surface area contributed by atoms with Gasteiger partial charge in [-0.3, -0.25) is 9.69 Å². The number of hydrogen-bond donors (Lipinski definition) is 0. The van der Waals surface area contributed by atoms with Gasteiger partial charge >= 0.3 is 0 Å². The quantitative estimate of drug-likeness (QED) is 0.639. The first-order chi connectivity index (χ1) is 12.7.